The maximum atomic E-state index is 12.5. The minimum absolute atomic E-state index is 0.0775. The van der Waals surface area contributed by atoms with Crippen LogP contribution in [0.15, 0.2) is 24.8 Å². The summed E-state index contributed by atoms with van der Waals surface area (Å²) >= 11 is 0. The summed E-state index contributed by atoms with van der Waals surface area (Å²) in [4.78, 5) is 24.7. The zero-order valence-corrected chi connectivity index (χ0v) is 11.8. The number of amides is 1. The number of anilines is 2. The number of nitrogen functional groups attached to an aromatic ring is 1. The zero-order valence-electron chi connectivity index (χ0n) is 11.8. The van der Waals surface area contributed by atoms with Gasteiger partial charge in [0, 0.05) is 45.6 Å². The fourth-order valence-electron chi connectivity index (χ4n) is 2.46. The first-order valence-corrected chi connectivity index (χ1v) is 6.74. The molecule has 0 aliphatic carbocycles. The van der Waals surface area contributed by atoms with Crippen LogP contribution in [0.25, 0.3) is 0 Å². The van der Waals surface area contributed by atoms with E-state index in [1.54, 1.807) is 30.5 Å². The lowest BCUT2D eigenvalue weighted by atomic mass is 10.2. The molecule has 0 unspecified atom stereocenters. The molecule has 2 N–H and O–H groups in total. The number of carbonyl (C=O) groups is 1. The summed E-state index contributed by atoms with van der Waals surface area (Å²) in [6, 6.07) is 0. The highest BCUT2D eigenvalue weighted by molar-refractivity contribution is 5.97. The van der Waals surface area contributed by atoms with Gasteiger partial charge in [-0.25, -0.2) is 4.98 Å². The lowest BCUT2D eigenvalue weighted by Crippen LogP contribution is -2.49. The number of aryl methyl sites for hydroxylation is 1. The predicted octanol–water partition coefficient (Wildman–Crippen LogP) is -0.245. The van der Waals surface area contributed by atoms with Gasteiger partial charge in [0.25, 0.3) is 5.91 Å². The van der Waals surface area contributed by atoms with Crippen molar-refractivity contribution in [3.63, 3.8) is 0 Å². The van der Waals surface area contributed by atoms with Gasteiger partial charge in [0.15, 0.2) is 0 Å². The molecule has 1 saturated heterocycles. The molecule has 1 aliphatic rings. The maximum absolute atomic E-state index is 12.5. The topological polar surface area (TPSA) is 93.2 Å². The molecule has 110 valence electrons. The second-order valence-corrected chi connectivity index (χ2v) is 4.91. The molecule has 3 heterocycles. The Bertz CT molecular complexity index is 612. The molecular weight excluding hydrogens is 270 g/mol. The molecule has 0 bridgehead atoms. The van der Waals surface area contributed by atoms with E-state index in [-0.39, 0.29) is 5.91 Å². The van der Waals surface area contributed by atoms with Crippen molar-refractivity contribution >= 4 is 17.4 Å². The van der Waals surface area contributed by atoms with Gasteiger partial charge in [-0.15, -0.1) is 0 Å². The molecule has 21 heavy (non-hydrogen) atoms. The molecule has 3 rings (SSSR count). The van der Waals surface area contributed by atoms with Gasteiger partial charge in [-0.1, -0.05) is 0 Å². The summed E-state index contributed by atoms with van der Waals surface area (Å²) in [5.74, 6) is 0.760. The number of carbonyl (C=O) groups excluding carboxylic acids is 1. The number of hydrogen-bond acceptors (Lipinski definition) is 6. The van der Waals surface area contributed by atoms with Crippen LogP contribution < -0.4 is 10.6 Å². The molecule has 8 heteroatoms. The standard InChI is InChI=1S/C13H17N7O/c1-18-12(10(14)8-17-18)13(21)20-6-4-19(5-7-20)11-9-15-2-3-16-11/h2-3,8-9H,4-7,14H2,1H3. The van der Waals surface area contributed by atoms with Crippen molar-refractivity contribution in [3.8, 4) is 0 Å². The Balaban J connectivity index is 1.68. The molecule has 1 amide bonds. The van der Waals surface area contributed by atoms with Crippen LogP contribution in [0.1, 0.15) is 10.5 Å². The average Bonchev–Trinajstić information content (AvgIpc) is 2.87. The van der Waals surface area contributed by atoms with Crippen molar-refractivity contribution in [1.82, 2.24) is 24.6 Å². The zero-order chi connectivity index (χ0) is 14.8. The van der Waals surface area contributed by atoms with Gasteiger partial charge >= 0.3 is 0 Å². The fraction of sp³-hybridized carbons (Fsp3) is 0.385. The minimum Gasteiger partial charge on any atom is -0.396 e. The van der Waals surface area contributed by atoms with Crippen LogP contribution in [-0.2, 0) is 7.05 Å². The van der Waals surface area contributed by atoms with Crippen LogP contribution in [0, 0.1) is 0 Å². The van der Waals surface area contributed by atoms with Crippen molar-refractivity contribution in [2.24, 2.45) is 7.05 Å². The van der Waals surface area contributed by atoms with E-state index in [1.807, 2.05) is 0 Å². The van der Waals surface area contributed by atoms with Crippen LogP contribution in [0.4, 0.5) is 11.5 Å². The van der Waals surface area contributed by atoms with Crippen LogP contribution in [0.5, 0.6) is 0 Å². The molecule has 0 spiro atoms. The van der Waals surface area contributed by atoms with E-state index < -0.39 is 0 Å². The summed E-state index contributed by atoms with van der Waals surface area (Å²) < 4.78 is 1.52. The lowest BCUT2D eigenvalue weighted by molar-refractivity contribution is 0.0736. The van der Waals surface area contributed by atoms with Crippen molar-refractivity contribution in [2.75, 3.05) is 36.8 Å². The molecular formula is C13H17N7O. The van der Waals surface area contributed by atoms with Gasteiger partial charge < -0.3 is 15.5 Å². The molecule has 0 aromatic carbocycles. The van der Waals surface area contributed by atoms with Gasteiger partial charge in [0.2, 0.25) is 0 Å². The highest BCUT2D eigenvalue weighted by Gasteiger charge is 2.26. The third-order valence-corrected chi connectivity index (χ3v) is 3.61. The number of nitrogens with zero attached hydrogens (tertiary/aromatic N) is 6. The Morgan fingerprint density at radius 3 is 2.52 bits per heavy atom. The fourth-order valence-corrected chi connectivity index (χ4v) is 2.46. The van der Waals surface area contributed by atoms with Gasteiger partial charge in [-0.05, 0) is 0 Å². The normalized spacial score (nSPS) is 15.3. The van der Waals surface area contributed by atoms with E-state index in [9.17, 15) is 4.79 Å². The summed E-state index contributed by atoms with van der Waals surface area (Å²) in [7, 11) is 1.72. The van der Waals surface area contributed by atoms with E-state index in [0.717, 1.165) is 18.9 Å². The largest absolute Gasteiger partial charge is 0.396 e. The second-order valence-electron chi connectivity index (χ2n) is 4.91. The molecule has 1 fully saturated rings. The average molecular weight is 287 g/mol. The summed E-state index contributed by atoms with van der Waals surface area (Å²) in [6.07, 6.45) is 6.55. The Morgan fingerprint density at radius 1 is 1.19 bits per heavy atom. The number of hydrogen-bond donors (Lipinski definition) is 1. The molecule has 0 radical (unpaired) electrons. The first-order valence-electron chi connectivity index (χ1n) is 6.74. The Kier molecular flexibility index (Phi) is 3.43. The number of rotatable bonds is 2. The van der Waals surface area contributed by atoms with Crippen molar-refractivity contribution in [3.05, 3.63) is 30.5 Å². The summed E-state index contributed by atoms with van der Waals surface area (Å²) in [6.45, 7) is 2.70. The Labute approximate surface area is 122 Å². The molecule has 8 nitrogen and oxygen atoms in total. The van der Waals surface area contributed by atoms with Crippen molar-refractivity contribution < 1.29 is 4.79 Å². The smallest absolute Gasteiger partial charge is 0.274 e. The Morgan fingerprint density at radius 2 is 1.95 bits per heavy atom. The van der Waals surface area contributed by atoms with E-state index in [4.69, 9.17) is 5.73 Å². The van der Waals surface area contributed by atoms with Crippen LogP contribution in [-0.4, -0.2) is 56.7 Å². The number of aromatic nitrogens is 4. The molecule has 0 saturated carbocycles. The first kappa shape index (κ1) is 13.3. The van der Waals surface area contributed by atoms with Gasteiger partial charge in [-0.2, -0.15) is 5.10 Å². The monoisotopic (exact) mass is 287 g/mol. The number of piperazine rings is 1. The molecule has 2 aromatic rings. The van der Waals surface area contributed by atoms with Gasteiger partial charge in [0.1, 0.15) is 11.5 Å². The highest BCUT2D eigenvalue weighted by atomic mass is 16.2. The maximum Gasteiger partial charge on any atom is 0.274 e. The van der Waals surface area contributed by atoms with Crippen LogP contribution in [0.2, 0.25) is 0 Å². The quantitative estimate of drug-likeness (QED) is 0.819. The SMILES string of the molecule is Cn1ncc(N)c1C(=O)N1CCN(c2cnccn2)CC1. The van der Waals surface area contributed by atoms with Crippen LogP contribution in [0.3, 0.4) is 0 Å². The molecule has 2 aromatic heterocycles. The third-order valence-electron chi connectivity index (χ3n) is 3.61. The van der Waals surface area contributed by atoms with Gasteiger partial charge in [0.05, 0.1) is 18.1 Å². The highest BCUT2D eigenvalue weighted by Crippen LogP contribution is 2.16. The molecule has 1 aliphatic heterocycles. The first-order chi connectivity index (χ1) is 10.2. The predicted molar refractivity (Wildman–Crippen MR) is 77.8 cm³/mol. The van der Waals surface area contributed by atoms with E-state index in [2.05, 4.69) is 20.0 Å². The van der Waals surface area contributed by atoms with E-state index >= 15 is 0 Å². The number of nitrogens with two attached hydrogens (primary N) is 1. The minimum atomic E-state index is -0.0775. The summed E-state index contributed by atoms with van der Waals surface area (Å²) in [5.41, 5.74) is 6.67. The third kappa shape index (κ3) is 2.51. The Hall–Kier alpha value is -2.64. The molecule has 0 atom stereocenters. The lowest BCUT2D eigenvalue weighted by Gasteiger charge is -2.35. The van der Waals surface area contributed by atoms with E-state index in [0.29, 0.717) is 24.5 Å². The van der Waals surface area contributed by atoms with E-state index in [1.165, 1.54) is 10.9 Å². The van der Waals surface area contributed by atoms with Crippen molar-refractivity contribution in [1.29, 1.82) is 0 Å². The summed E-state index contributed by atoms with van der Waals surface area (Å²) in [5, 5.41) is 4.01. The van der Waals surface area contributed by atoms with Crippen LogP contribution >= 0.6 is 0 Å². The van der Waals surface area contributed by atoms with Gasteiger partial charge in [-0.3, -0.25) is 14.5 Å². The van der Waals surface area contributed by atoms with Crippen molar-refractivity contribution in [2.45, 2.75) is 0 Å². The second kappa shape index (κ2) is 5.39.